The summed E-state index contributed by atoms with van der Waals surface area (Å²) in [6.07, 6.45) is 4.04. The number of carbonyl (C=O) groups excluding carboxylic acids is 1. The lowest BCUT2D eigenvalue weighted by Crippen LogP contribution is -2.32. The van der Waals surface area contributed by atoms with Crippen LogP contribution in [-0.4, -0.2) is 40.6 Å². The fraction of sp³-hybridized carbons (Fsp3) is 0.263. The molecule has 0 saturated carbocycles. The van der Waals surface area contributed by atoms with E-state index in [2.05, 4.69) is 20.4 Å². The molecule has 0 aliphatic rings. The Kier molecular flexibility index (Phi) is 6.11. The summed E-state index contributed by atoms with van der Waals surface area (Å²) >= 11 is 0. The molecule has 162 valence electrons. The highest BCUT2D eigenvalue weighted by Gasteiger charge is 2.28. The highest BCUT2D eigenvalue weighted by Crippen LogP contribution is 2.27. The number of rotatable bonds is 7. The van der Waals surface area contributed by atoms with E-state index in [1.807, 2.05) is 13.8 Å². The van der Waals surface area contributed by atoms with Gasteiger partial charge in [0.1, 0.15) is 10.9 Å². The first kappa shape index (κ1) is 22.0. The van der Waals surface area contributed by atoms with E-state index in [0.29, 0.717) is 11.4 Å². The van der Waals surface area contributed by atoms with E-state index >= 15 is 0 Å². The second-order valence-corrected chi connectivity index (χ2v) is 9.09. The van der Waals surface area contributed by atoms with Crippen LogP contribution in [-0.2, 0) is 9.84 Å². The molecule has 1 N–H and O–H groups in total. The van der Waals surface area contributed by atoms with Crippen LogP contribution in [0.1, 0.15) is 36.1 Å². The maximum atomic E-state index is 12.8. The first-order valence-electron chi connectivity index (χ1n) is 9.11. The van der Waals surface area contributed by atoms with Crippen molar-refractivity contribution in [1.82, 2.24) is 20.4 Å². The Bertz CT molecular complexity index is 1220. The zero-order valence-corrected chi connectivity index (χ0v) is 17.7. The number of amides is 1. The number of aromatic nitrogens is 3. The first-order chi connectivity index (χ1) is 14.6. The van der Waals surface area contributed by atoms with Crippen LogP contribution in [0.15, 0.2) is 52.1 Å². The van der Waals surface area contributed by atoms with Gasteiger partial charge in [-0.25, -0.2) is 8.42 Å². The van der Waals surface area contributed by atoms with E-state index in [1.54, 1.807) is 24.5 Å². The van der Waals surface area contributed by atoms with Crippen LogP contribution in [0.3, 0.4) is 0 Å². The van der Waals surface area contributed by atoms with Gasteiger partial charge in [-0.2, -0.15) is 4.98 Å². The molecule has 0 spiro atoms. The highest BCUT2D eigenvalue weighted by molar-refractivity contribution is 7.90. The van der Waals surface area contributed by atoms with Gasteiger partial charge >= 0.3 is 0 Å². The Balaban J connectivity index is 1.89. The highest BCUT2D eigenvalue weighted by atomic mass is 32.2. The average Bonchev–Trinajstić information content (AvgIpc) is 3.21. The van der Waals surface area contributed by atoms with E-state index in [9.17, 15) is 23.3 Å². The molecule has 1 amide bonds. The number of pyridine rings is 1. The molecule has 11 nitrogen and oxygen atoms in total. The van der Waals surface area contributed by atoms with E-state index < -0.39 is 37.3 Å². The van der Waals surface area contributed by atoms with Crippen LogP contribution in [0.25, 0.3) is 11.4 Å². The van der Waals surface area contributed by atoms with E-state index in [0.717, 1.165) is 18.4 Å². The van der Waals surface area contributed by atoms with Crippen molar-refractivity contribution in [2.24, 2.45) is 5.92 Å². The Hall–Kier alpha value is -3.67. The Morgan fingerprint density at radius 2 is 2.00 bits per heavy atom. The van der Waals surface area contributed by atoms with Crippen LogP contribution >= 0.6 is 0 Å². The molecule has 2 aromatic heterocycles. The summed E-state index contributed by atoms with van der Waals surface area (Å²) in [7, 11) is -3.84. The molecule has 0 aliphatic carbocycles. The smallest absolute Gasteiger partial charge is 0.288 e. The topological polar surface area (TPSA) is 158 Å². The summed E-state index contributed by atoms with van der Waals surface area (Å²) in [6.45, 7) is 3.65. The minimum Gasteiger partial charge on any atom is -0.340 e. The number of hydrogen-bond donors (Lipinski definition) is 1. The van der Waals surface area contributed by atoms with Crippen molar-refractivity contribution >= 4 is 21.4 Å². The third-order valence-corrected chi connectivity index (χ3v) is 5.54. The Morgan fingerprint density at radius 3 is 2.58 bits per heavy atom. The Labute approximate surface area is 177 Å². The number of nitrogens with zero attached hydrogens (tertiary/aromatic N) is 4. The van der Waals surface area contributed by atoms with Crippen molar-refractivity contribution in [2.75, 3.05) is 6.26 Å². The summed E-state index contributed by atoms with van der Waals surface area (Å²) in [5, 5.41) is 17.9. The molecule has 12 heteroatoms. The van der Waals surface area contributed by atoms with Gasteiger partial charge in [0, 0.05) is 35.8 Å². The van der Waals surface area contributed by atoms with Gasteiger partial charge < -0.3 is 9.84 Å². The number of carbonyl (C=O) groups is 1. The molecule has 3 rings (SSSR count). The summed E-state index contributed by atoms with van der Waals surface area (Å²) in [5.41, 5.74) is -0.108. The van der Waals surface area contributed by atoms with E-state index in [1.165, 1.54) is 6.07 Å². The maximum absolute atomic E-state index is 12.8. The number of hydrogen-bond acceptors (Lipinski definition) is 9. The fourth-order valence-electron chi connectivity index (χ4n) is 2.83. The minimum absolute atomic E-state index is 0.0725. The van der Waals surface area contributed by atoms with Crippen molar-refractivity contribution in [2.45, 2.75) is 24.8 Å². The molecule has 0 radical (unpaired) electrons. The van der Waals surface area contributed by atoms with Crippen LogP contribution in [0.5, 0.6) is 0 Å². The van der Waals surface area contributed by atoms with Crippen LogP contribution < -0.4 is 5.32 Å². The number of nitro benzene ring substituents is 1. The maximum Gasteiger partial charge on any atom is 0.288 e. The van der Waals surface area contributed by atoms with Crippen LogP contribution in [0.4, 0.5) is 5.69 Å². The van der Waals surface area contributed by atoms with Gasteiger partial charge in [0.2, 0.25) is 11.7 Å². The molecule has 0 fully saturated rings. The molecule has 31 heavy (non-hydrogen) atoms. The molecule has 0 bridgehead atoms. The molecular formula is C19H19N5O6S. The lowest BCUT2D eigenvalue weighted by molar-refractivity contribution is -0.387. The van der Waals surface area contributed by atoms with Gasteiger partial charge in [0.15, 0.2) is 9.84 Å². The lowest BCUT2D eigenvalue weighted by atomic mass is 10.0. The predicted molar refractivity (Wildman–Crippen MR) is 109 cm³/mol. The third-order valence-electron chi connectivity index (χ3n) is 4.40. The van der Waals surface area contributed by atoms with Crippen molar-refractivity contribution < 1.29 is 22.7 Å². The SMILES string of the molecule is CC(C)C(NC(=O)c1ccc(S(C)(=O)=O)c([N+](=O)[O-])c1)c1nc(-c2cccnc2)no1. The van der Waals surface area contributed by atoms with Gasteiger partial charge in [-0.15, -0.1) is 0 Å². The Morgan fingerprint density at radius 1 is 1.26 bits per heavy atom. The van der Waals surface area contributed by atoms with Gasteiger partial charge in [-0.05, 0) is 30.2 Å². The number of benzene rings is 1. The predicted octanol–water partition coefficient (Wildman–Crippen LogP) is 2.57. The molecule has 0 saturated heterocycles. The lowest BCUT2D eigenvalue weighted by Gasteiger charge is -2.18. The van der Waals surface area contributed by atoms with Gasteiger partial charge in [0.25, 0.3) is 11.6 Å². The molecule has 2 heterocycles. The number of nitrogens with one attached hydrogen (secondary N) is 1. The average molecular weight is 445 g/mol. The van der Waals surface area contributed by atoms with E-state index in [-0.39, 0.29) is 17.4 Å². The molecular weight excluding hydrogens is 426 g/mol. The second kappa shape index (κ2) is 8.60. The third kappa shape index (κ3) is 4.91. The second-order valence-electron chi connectivity index (χ2n) is 7.10. The summed E-state index contributed by atoms with van der Waals surface area (Å²) in [5.74, 6) is -0.347. The van der Waals surface area contributed by atoms with Crippen molar-refractivity contribution in [1.29, 1.82) is 0 Å². The minimum atomic E-state index is -3.84. The summed E-state index contributed by atoms with van der Waals surface area (Å²) < 4.78 is 28.9. The number of nitro groups is 1. The summed E-state index contributed by atoms with van der Waals surface area (Å²) in [4.78, 5) is 31.1. The van der Waals surface area contributed by atoms with Gasteiger partial charge in [-0.3, -0.25) is 19.9 Å². The molecule has 1 aromatic carbocycles. The van der Waals surface area contributed by atoms with Crippen molar-refractivity contribution in [3.63, 3.8) is 0 Å². The van der Waals surface area contributed by atoms with Crippen molar-refractivity contribution in [3.05, 3.63) is 64.3 Å². The molecule has 0 aliphatic heterocycles. The van der Waals surface area contributed by atoms with Gasteiger partial charge in [-0.1, -0.05) is 19.0 Å². The standard InChI is InChI=1S/C19H19N5O6S/c1-11(2)16(19-22-17(23-30-19)13-5-4-8-20-10-13)21-18(25)12-6-7-15(31(3,28)29)14(9-12)24(26)27/h4-11,16H,1-3H3,(H,21,25). The van der Waals surface area contributed by atoms with Crippen LogP contribution in [0, 0.1) is 16.0 Å². The molecule has 1 atom stereocenters. The molecule has 1 unspecified atom stereocenters. The fourth-order valence-corrected chi connectivity index (χ4v) is 3.66. The zero-order chi connectivity index (χ0) is 22.8. The quantitative estimate of drug-likeness (QED) is 0.426. The van der Waals surface area contributed by atoms with E-state index in [4.69, 9.17) is 4.52 Å². The number of sulfone groups is 1. The zero-order valence-electron chi connectivity index (χ0n) is 16.8. The van der Waals surface area contributed by atoms with Crippen LogP contribution in [0.2, 0.25) is 0 Å². The monoisotopic (exact) mass is 445 g/mol. The normalized spacial score (nSPS) is 12.5. The first-order valence-corrected chi connectivity index (χ1v) is 11.0. The summed E-state index contributed by atoms with van der Waals surface area (Å²) in [6, 6.07) is 5.98. The largest absolute Gasteiger partial charge is 0.340 e. The molecule has 3 aromatic rings. The van der Waals surface area contributed by atoms with Crippen molar-refractivity contribution in [3.8, 4) is 11.4 Å². The van der Waals surface area contributed by atoms with Gasteiger partial charge in [0.05, 0.1) is 4.92 Å².